The number of rotatable bonds is 5. The lowest BCUT2D eigenvalue weighted by Gasteiger charge is -2.28. The fourth-order valence-electron chi connectivity index (χ4n) is 2.31. The lowest BCUT2D eigenvalue weighted by molar-refractivity contribution is 0.0268. The van der Waals surface area contributed by atoms with Crippen LogP contribution in [0.25, 0.3) is 0 Å². The third kappa shape index (κ3) is 3.08. The van der Waals surface area contributed by atoms with E-state index in [9.17, 15) is 5.11 Å². The highest BCUT2D eigenvalue weighted by molar-refractivity contribution is 5.34. The van der Waals surface area contributed by atoms with Crippen LogP contribution < -0.4 is 0 Å². The van der Waals surface area contributed by atoms with Gasteiger partial charge in [0.05, 0.1) is 5.60 Å². The molecule has 0 bridgehead atoms. The van der Waals surface area contributed by atoms with E-state index >= 15 is 0 Å². The molecule has 0 aliphatic carbocycles. The van der Waals surface area contributed by atoms with E-state index in [0.29, 0.717) is 0 Å². The molecule has 0 aliphatic heterocycles. The number of aryl methyl sites for hydroxylation is 2. The topological polar surface area (TPSA) is 20.2 Å². The van der Waals surface area contributed by atoms with Gasteiger partial charge in [-0.25, -0.2) is 0 Å². The first-order chi connectivity index (χ1) is 7.52. The standard InChI is InChI=1S/C15H24O/c1-5-10-15(16,6-2)11-14-12(3)8-7-9-13(14)4/h7-9,16H,5-6,10-11H2,1-4H3. The molecule has 0 aromatic heterocycles. The lowest BCUT2D eigenvalue weighted by atomic mass is 9.85. The first-order valence-electron chi connectivity index (χ1n) is 6.30. The van der Waals surface area contributed by atoms with Crippen molar-refractivity contribution < 1.29 is 5.11 Å². The second kappa shape index (κ2) is 5.49. The Morgan fingerprint density at radius 2 is 1.69 bits per heavy atom. The summed E-state index contributed by atoms with van der Waals surface area (Å²) in [7, 11) is 0. The summed E-state index contributed by atoms with van der Waals surface area (Å²) in [5, 5.41) is 10.5. The van der Waals surface area contributed by atoms with E-state index < -0.39 is 5.60 Å². The third-order valence-electron chi connectivity index (χ3n) is 3.52. The van der Waals surface area contributed by atoms with Crippen LogP contribution in [0.4, 0.5) is 0 Å². The van der Waals surface area contributed by atoms with Gasteiger partial charge in [0.1, 0.15) is 0 Å². The first kappa shape index (κ1) is 13.2. The van der Waals surface area contributed by atoms with E-state index in [4.69, 9.17) is 0 Å². The molecule has 16 heavy (non-hydrogen) atoms. The summed E-state index contributed by atoms with van der Waals surface area (Å²) in [5.74, 6) is 0. The summed E-state index contributed by atoms with van der Waals surface area (Å²) in [6, 6.07) is 6.34. The molecule has 1 nitrogen and oxygen atoms in total. The summed E-state index contributed by atoms with van der Waals surface area (Å²) >= 11 is 0. The third-order valence-corrected chi connectivity index (χ3v) is 3.52. The molecule has 1 unspecified atom stereocenters. The van der Waals surface area contributed by atoms with E-state index in [-0.39, 0.29) is 0 Å². The van der Waals surface area contributed by atoms with Crippen molar-refractivity contribution in [1.29, 1.82) is 0 Å². The highest BCUT2D eigenvalue weighted by Crippen LogP contribution is 2.26. The molecule has 1 aromatic carbocycles. The van der Waals surface area contributed by atoms with Gasteiger partial charge in [0.25, 0.3) is 0 Å². The van der Waals surface area contributed by atoms with Gasteiger partial charge in [0, 0.05) is 6.42 Å². The van der Waals surface area contributed by atoms with Gasteiger partial charge in [-0.3, -0.25) is 0 Å². The zero-order valence-electron chi connectivity index (χ0n) is 11.0. The van der Waals surface area contributed by atoms with Crippen LogP contribution in [0.15, 0.2) is 18.2 Å². The molecule has 0 saturated carbocycles. The molecule has 0 heterocycles. The predicted molar refractivity (Wildman–Crippen MR) is 69.8 cm³/mol. The molecule has 1 rings (SSSR count). The molecular formula is C15H24O. The maximum Gasteiger partial charge on any atom is 0.0685 e. The molecule has 90 valence electrons. The molecule has 1 heteroatoms. The molecule has 0 saturated heterocycles. The Bertz CT molecular complexity index is 323. The van der Waals surface area contributed by atoms with Gasteiger partial charge in [-0.1, -0.05) is 38.5 Å². The minimum atomic E-state index is -0.522. The molecule has 0 radical (unpaired) electrons. The fourth-order valence-corrected chi connectivity index (χ4v) is 2.31. The van der Waals surface area contributed by atoms with E-state index in [2.05, 4.69) is 45.9 Å². The van der Waals surface area contributed by atoms with Crippen molar-refractivity contribution in [2.75, 3.05) is 0 Å². The quantitative estimate of drug-likeness (QED) is 0.800. The van der Waals surface area contributed by atoms with Crippen LogP contribution in [0.2, 0.25) is 0 Å². The van der Waals surface area contributed by atoms with Crippen LogP contribution >= 0.6 is 0 Å². The van der Waals surface area contributed by atoms with Crippen LogP contribution in [-0.2, 0) is 6.42 Å². The van der Waals surface area contributed by atoms with Crippen molar-refractivity contribution in [2.45, 2.75) is 59.0 Å². The molecule has 1 atom stereocenters. The van der Waals surface area contributed by atoms with Gasteiger partial charge in [-0.2, -0.15) is 0 Å². The van der Waals surface area contributed by atoms with Crippen molar-refractivity contribution in [3.8, 4) is 0 Å². The minimum Gasteiger partial charge on any atom is -0.390 e. The Kier molecular flexibility index (Phi) is 4.55. The zero-order chi connectivity index (χ0) is 12.2. The fraction of sp³-hybridized carbons (Fsp3) is 0.600. The van der Waals surface area contributed by atoms with Crippen LogP contribution in [0.5, 0.6) is 0 Å². The molecular weight excluding hydrogens is 196 g/mol. The molecule has 0 amide bonds. The number of hydrogen-bond acceptors (Lipinski definition) is 1. The summed E-state index contributed by atoms with van der Waals surface area (Å²) < 4.78 is 0. The van der Waals surface area contributed by atoms with Crippen molar-refractivity contribution in [1.82, 2.24) is 0 Å². The van der Waals surface area contributed by atoms with Gasteiger partial charge in [0.2, 0.25) is 0 Å². The minimum absolute atomic E-state index is 0.522. The summed E-state index contributed by atoms with van der Waals surface area (Å²) in [6.45, 7) is 8.46. The van der Waals surface area contributed by atoms with Crippen LogP contribution in [0, 0.1) is 13.8 Å². The molecule has 0 spiro atoms. The average Bonchev–Trinajstić information content (AvgIpc) is 2.24. The molecule has 1 N–H and O–H groups in total. The van der Waals surface area contributed by atoms with Crippen molar-refractivity contribution in [3.63, 3.8) is 0 Å². The maximum atomic E-state index is 10.5. The van der Waals surface area contributed by atoms with E-state index in [0.717, 1.165) is 25.7 Å². The van der Waals surface area contributed by atoms with Crippen molar-refractivity contribution >= 4 is 0 Å². The summed E-state index contributed by atoms with van der Waals surface area (Å²) in [6.07, 6.45) is 3.54. The smallest absolute Gasteiger partial charge is 0.0685 e. The van der Waals surface area contributed by atoms with Crippen LogP contribution in [0.3, 0.4) is 0 Å². The van der Waals surface area contributed by atoms with E-state index in [1.54, 1.807) is 0 Å². The van der Waals surface area contributed by atoms with Crippen LogP contribution in [-0.4, -0.2) is 10.7 Å². The van der Waals surface area contributed by atoms with Gasteiger partial charge in [-0.15, -0.1) is 0 Å². The Morgan fingerprint density at radius 3 is 2.12 bits per heavy atom. The van der Waals surface area contributed by atoms with Gasteiger partial charge >= 0.3 is 0 Å². The van der Waals surface area contributed by atoms with Gasteiger partial charge in [-0.05, 0) is 43.4 Å². The van der Waals surface area contributed by atoms with Crippen molar-refractivity contribution in [3.05, 3.63) is 34.9 Å². The SMILES string of the molecule is CCCC(O)(CC)Cc1c(C)cccc1C. The van der Waals surface area contributed by atoms with E-state index in [1.165, 1.54) is 16.7 Å². The molecule has 0 aliphatic rings. The van der Waals surface area contributed by atoms with E-state index in [1.807, 2.05) is 0 Å². The Morgan fingerprint density at radius 1 is 1.12 bits per heavy atom. The van der Waals surface area contributed by atoms with Crippen LogP contribution in [0.1, 0.15) is 49.8 Å². The van der Waals surface area contributed by atoms with Gasteiger partial charge < -0.3 is 5.11 Å². The average molecular weight is 220 g/mol. The number of benzene rings is 1. The first-order valence-corrected chi connectivity index (χ1v) is 6.30. The summed E-state index contributed by atoms with van der Waals surface area (Å²) in [4.78, 5) is 0. The zero-order valence-corrected chi connectivity index (χ0v) is 11.0. The Hall–Kier alpha value is -0.820. The monoisotopic (exact) mass is 220 g/mol. The molecule has 0 fully saturated rings. The highest BCUT2D eigenvalue weighted by Gasteiger charge is 2.25. The molecule has 1 aromatic rings. The Labute approximate surface area is 99.5 Å². The largest absolute Gasteiger partial charge is 0.390 e. The second-order valence-electron chi connectivity index (χ2n) is 4.88. The number of aliphatic hydroxyl groups is 1. The predicted octanol–water partition coefficient (Wildman–Crippen LogP) is 3.79. The normalized spacial score (nSPS) is 14.8. The maximum absolute atomic E-state index is 10.5. The lowest BCUT2D eigenvalue weighted by Crippen LogP contribution is -2.31. The second-order valence-corrected chi connectivity index (χ2v) is 4.88. The van der Waals surface area contributed by atoms with Gasteiger partial charge in [0.15, 0.2) is 0 Å². The van der Waals surface area contributed by atoms with Crippen molar-refractivity contribution in [2.24, 2.45) is 0 Å². The Balaban J connectivity index is 2.94. The summed E-state index contributed by atoms with van der Waals surface area (Å²) in [5.41, 5.74) is 3.39. The highest BCUT2D eigenvalue weighted by atomic mass is 16.3. The number of hydrogen-bond donors (Lipinski definition) is 1.